The van der Waals surface area contributed by atoms with Crippen LogP contribution in [0.15, 0.2) is 38.8 Å². The number of rotatable bonds is 4. The van der Waals surface area contributed by atoms with Crippen LogP contribution in [0.2, 0.25) is 0 Å². The predicted octanol–water partition coefficient (Wildman–Crippen LogP) is 2.10. The third-order valence-corrected chi connectivity index (χ3v) is 6.79. The molecule has 1 amide bonds. The molecule has 1 aliphatic rings. The highest BCUT2D eigenvalue weighted by atomic mass is 32.2. The third-order valence-electron chi connectivity index (χ3n) is 4.87. The second-order valence-corrected chi connectivity index (χ2v) is 8.88. The van der Waals surface area contributed by atoms with E-state index in [0.717, 1.165) is 16.1 Å². The topological polar surface area (TPSA) is 108 Å². The predicted molar refractivity (Wildman–Crippen MR) is 118 cm³/mol. The number of fused-ring (bicyclic) bond motifs is 1. The summed E-state index contributed by atoms with van der Waals surface area (Å²) in [5, 5.41) is 3.26. The molecule has 0 bridgehead atoms. The van der Waals surface area contributed by atoms with Crippen LogP contribution >= 0.6 is 23.3 Å². The molecule has 0 saturated carbocycles. The van der Waals surface area contributed by atoms with E-state index in [0.29, 0.717) is 21.3 Å². The molecule has 0 fully saturated rings. The van der Waals surface area contributed by atoms with Crippen molar-refractivity contribution in [3.63, 3.8) is 0 Å². The summed E-state index contributed by atoms with van der Waals surface area (Å²) >= 11 is 2.26. The van der Waals surface area contributed by atoms with Crippen molar-refractivity contribution in [3.05, 3.63) is 56.4 Å². The second-order valence-electron chi connectivity index (χ2n) is 7.12. The van der Waals surface area contributed by atoms with Crippen molar-refractivity contribution in [2.24, 2.45) is 19.1 Å². The van der Waals surface area contributed by atoms with E-state index < -0.39 is 23.5 Å². The molecule has 3 aromatic rings. The summed E-state index contributed by atoms with van der Waals surface area (Å²) in [6, 6.07) is 5.05. The average molecular weight is 499 g/mol. The Morgan fingerprint density at radius 3 is 2.58 bits per heavy atom. The molecule has 0 aliphatic carbocycles. The average Bonchev–Trinajstić information content (AvgIpc) is 3.37. The van der Waals surface area contributed by atoms with Gasteiger partial charge < -0.3 is 10.1 Å². The molecule has 14 heteroatoms. The van der Waals surface area contributed by atoms with Crippen LogP contribution in [0.5, 0.6) is 5.75 Å². The van der Waals surface area contributed by atoms with Gasteiger partial charge in [-0.15, -0.1) is 13.2 Å². The number of amidine groups is 1. The standard InChI is InChI=1S/C19H16F3N5O4S2/c1-26-15(29)14-11(25-33-16(14)27(2)18(26)30)7-13(28)24-17-23-12(8-32-17)9-3-5-10(6-4-9)31-19(20,21)22/h3-6,12H,7-8H2,1-2H3,(H,23,24,28). The molecule has 4 rings (SSSR count). The fraction of sp³-hybridized carbons (Fsp3) is 0.316. The number of ether oxygens (including phenoxy) is 1. The van der Waals surface area contributed by atoms with Gasteiger partial charge in [0, 0.05) is 19.8 Å². The summed E-state index contributed by atoms with van der Waals surface area (Å²) in [6.07, 6.45) is -4.94. The van der Waals surface area contributed by atoms with Gasteiger partial charge >= 0.3 is 12.1 Å². The van der Waals surface area contributed by atoms with Crippen molar-refractivity contribution >= 4 is 44.6 Å². The maximum absolute atomic E-state index is 12.5. The number of alkyl halides is 3. The Morgan fingerprint density at radius 2 is 1.91 bits per heavy atom. The molecule has 0 radical (unpaired) electrons. The van der Waals surface area contributed by atoms with Gasteiger partial charge in [0.15, 0.2) is 5.17 Å². The minimum absolute atomic E-state index is 0.179. The second kappa shape index (κ2) is 8.67. The van der Waals surface area contributed by atoms with Crippen LogP contribution in [0, 0.1) is 0 Å². The summed E-state index contributed by atoms with van der Waals surface area (Å²) in [7, 11) is 2.88. The number of aromatic nitrogens is 3. The highest BCUT2D eigenvalue weighted by Crippen LogP contribution is 2.31. The fourth-order valence-corrected chi connectivity index (χ4v) is 5.08. The summed E-state index contributed by atoms with van der Waals surface area (Å²) in [5.41, 5.74) is -0.0524. The van der Waals surface area contributed by atoms with E-state index in [2.05, 4.69) is 19.4 Å². The SMILES string of the molecule is Cn1c(=O)c2c(CC(=O)NC3=NC(c4ccc(OC(F)(F)F)cc4)CS3)nsc2n(C)c1=O. The lowest BCUT2D eigenvalue weighted by Crippen LogP contribution is -2.37. The van der Waals surface area contributed by atoms with Crippen LogP contribution in [0.25, 0.3) is 10.2 Å². The normalized spacial score (nSPS) is 16.2. The van der Waals surface area contributed by atoms with Crippen molar-refractivity contribution in [2.75, 3.05) is 5.75 Å². The lowest BCUT2D eigenvalue weighted by atomic mass is 10.1. The molecular weight excluding hydrogens is 483 g/mol. The van der Waals surface area contributed by atoms with Crippen molar-refractivity contribution in [1.82, 2.24) is 18.8 Å². The van der Waals surface area contributed by atoms with Crippen LogP contribution < -0.4 is 21.3 Å². The Morgan fingerprint density at radius 1 is 1.21 bits per heavy atom. The Hall–Kier alpha value is -3.13. The zero-order valence-corrected chi connectivity index (χ0v) is 18.8. The van der Waals surface area contributed by atoms with E-state index in [-0.39, 0.29) is 29.3 Å². The lowest BCUT2D eigenvalue weighted by Gasteiger charge is -2.10. The highest BCUT2D eigenvalue weighted by Gasteiger charge is 2.31. The molecule has 33 heavy (non-hydrogen) atoms. The van der Waals surface area contributed by atoms with E-state index in [9.17, 15) is 27.6 Å². The fourth-order valence-electron chi connectivity index (χ4n) is 3.26. The number of nitrogens with one attached hydrogen (secondary N) is 1. The Bertz CT molecular complexity index is 1380. The molecule has 9 nitrogen and oxygen atoms in total. The number of hydrogen-bond donors (Lipinski definition) is 1. The largest absolute Gasteiger partial charge is 0.573 e. The maximum Gasteiger partial charge on any atom is 0.573 e. The molecule has 1 atom stereocenters. The van der Waals surface area contributed by atoms with Crippen LogP contribution in [0.4, 0.5) is 13.2 Å². The van der Waals surface area contributed by atoms with Gasteiger partial charge in [-0.05, 0) is 29.2 Å². The Labute approximate surface area is 192 Å². The van der Waals surface area contributed by atoms with Crippen LogP contribution in [-0.2, 0) is 25.3 Å². The molecule has 1 aliphatic heterocycles. The summed E-state index contributed by atoms with van der Waals surface area (Å²) < 4.78 is 47.2. The summed E-state index contributed by atoms with van der Waals surface area (Å²) in [4.78, 5) is 41.9. The van der Waals surface area contributed by atoms with Gasteiger partial charge in [0.2, 0.25) is 5.91 Å². The third kappa shape index (κ3) is 4.80. The molecule has 2 aromatic heterocycles. The smallest absolute Gasteiger partial charge is 0.406 e. The van der Waals surface area contributed by atoms with Crippen LogP contribution in [0.1, 0.15) is 17.3 Å². The van der Waals surface area contributed by atoms with Gasteiger partial charge in [-0.25, -0.2) is 4.79 Å². The Balaban J connectivity index is 1.45. The van der Waals surface area contributed by atoms with Gasteiger partial charge in [-0.1, -0.05) is 23.9 Å². The van der Waals surface area contributed by atoms with E-state index in [1.165, 1.54) is 54.7 Å². The monoisotopic (exact) mass is 499 g/mol. The number of halogens is 3. The maximum atomic E-state index is 12.5. The number of hydrogen-bond acceptors (Lipinski definition) is 8. The zero-order chi connectivity index (χ0) is 23.9. The van der Waals surface area contributed by atoms with E-state index in [1.54, 1.807) is 0 Å². The number of benzene rings is 1. The number of amides is 1. The van der Waals surface area contributed by atoms with Crippen molar-refractivity contribution in [2.45, 2.75) is 18.8 Å². The van der Waals surface area contributed by atoms with E-state index >= 15 is 0 Å². The van der Waals surface area contributed by atoms with Gasteiger partial charge in [-0.3, -0.25) is 23.7 Å². The molecule has 3 heterocycles. The zero-order valence-electron chi connectivity index (χ0n) is 17.2. The van der Waals surface area contributed by atoms with Crippen molar-refractivity contribution < 1.29 is 22.7 Å². The number of thioether (sulfide) groups is 1. The van der Waals surface area contributed by atoms with E-state index in [4.69, 9.17) is 0 Å². The molecule has 174 valence electrons. The minimum atomic E-state index is -4.76. The number of carbonyl (C=O) groups is 1. The summed E-state index contributed by atoms with van der Waals surface area (Å²) in [6.45, 7) is 0. The quantitative estimate of drug-likeness (QED) is 0.589. The highest BCUT2D eigenvalue weighted by molar-refractivity contribution is 8.14. The number of nitrogens with zero attached hydrogens (tertiary/aromatic N) is 4. The number of aliphatic imine (C=N–C) groups is 1. The lowest BCUT2D eigenvalue weighted by molar-refractivity contribution is -0.274. The molecular formula is C19H16F3N5O4S2. The van der Waals surface area contributed by atoms with Gasteiger partial charge in [0.05, 0.1) is 23.5 Å². The summed E-state index contributed by atoms with van der Waals surface area (Å²) in [5.74, 6) is -0.260. The molecule has 0 spiro atoms. The van der Waals surface area contributed by atoms with Gasteiger partial charge in [0.25, 0.3) is 5.56 Å². The minimum Gasteiger partial charge on any atom is -0.406 e. The molecule has 0 saturated heterocycles. The van der Waals surface area contributed by atoms with E-state index in [1.807, 2.05) is 0 Å². The first kappa shape index (κ1) is 23.0. The van der Waals surface area contributed by atoms with Crippen molar-refractivity contribution in [3.8, 4) is 5.75 Å². The number of aryl methyl sites for hydroxylation is 1. The van der Waals surface area contributed by atoms with Crippen LogP contribution in [-0.4, -0.2) is 36.7 Å². The first-order valence-electron chi connectivity index (χ1n) is 9.44. The number of carbonyl (C=O) groups excluding carboxylic acids is 1. The van der Waals surface area contributed by atoms with Gasteiger partial charge in [-0.2, -0.15) is 4.37 Å². The van der Waals surface area contributed by atoms with Crippen LogP contribution in [0.3, 0.4) is 0 Å². The van der Waals surface area contributed by atoms with Crippen molar-refractivity contribution in [1.29, 1.82) is 0 Å². The molecule has 1 unspecified atom stereocenters. The van der Waals surface area contributed by atoms with Gasteiger partial charge in [0.1, 0.15) is 10.6 Å². The Kier molecular flexibility index (Phi) is 6.05. The molecule has 1 N–H and O–H groups in total. The first-order valence-corrected chi connectivity index (χ1v) is 11.2. The first-order chi connectivity index (χ1) is 15.5. The molecule has 1 aromatic carbocycles.